The fourth-order valence-electron chi connectivity index (χ4n) is 3.32. The van der Waals surface area contributed by atoms with E-state index in [-0.39, 0.29) is 5.91 Å². The number of rotatable bonds is 2. The Bertz CT molecular complexity index is 478. The van der Waals surface area contributed by atoms with Gasteiger partial charge in [-0.25, -0.2) is 0 Å². The smallest absolute Gasteiger partial charge is 0.223 e. The molecule has 0 saturated carbocycles. The SMILES string of the molecule is CC(=O)N1CCCc2cc(CC3CCCN3)ccc21. The Balaban J connectivity index is 1.80. The lowest BCUT2D eigenvalue weighted by Gasteiger charge is -2.29. The van der Waals surface area contributed by atoms with Crippen LogP contribution >= 0.6 is 0 Å². The Hall–Kier alpha value is -1.35. The number of hydrogen-bond donors (Lipinski definition) is 1. The minimum atomic E-state index is 0.158. The van der Waals surface area contributed by atoms with Gasteiger partial charge in [0.2, 0.25) is 5.91 Å². The van der Waals surface area contributed by atoms with Gasteiger partial charge in [0.1, 0.15) is 0 Å². The molecule has 1 atom stereocenters. The topological polar surface area (TPSA) is 32.3 Å². The number of nitrogens with zero attached hydrogens (tertiary/aromatic N) is 1. The zero-order chi connectivity index (χ0) is 13.2. The second-order valence-electron chi connectivity index (χ2n) is 5.73. The van der Waals surface area contributed by atoms with E-state index in [1.165, 1.54) is 24.0 Å². The third-order valence-corrected chi connectivity index (χ3v) is 4.29. The predicted molar refractivity (Wildman–Crippen MR) is 77.5 cm³/mol. The van der Waals surface area contributed by atoms with E-state index < -0.39 is 0 Å². The van der Waals surface area contributed by atoms with Crippen LogP contribution in [0.3, 0.4) is 0 Å². The van der Waals surface area contributed by atoms with Crippen molar-refractivity contribution in [2.45, 2.75) is 45.1 Å². The van der Waals surface area contributed by atoms with Gasteiger partial charge in [0.15, 0.2) is 0 Å². The molecule has 1 amide bonds. The highest BCUT2D eigenvalue weighted by Gasteiger charge is 2.21. The van der Waals surface area contributed by atoms with E-state index in [0.29, 0.717) is 6.04 Å². The Kier molecular flexibility index (Phi) is 3.56. The molecule has 0 bridgehead atoms. The molecular weight excluding hydrogens is 236 g/mol. The van der Waals surface area contributed by atoms with E-state index in [1.54, 1.807) is 6.92 Å². The van der Waals surface area contributed by atoms with Crippen LogP contribution in [-0.4, -0.2) is 25.0 Å². The van der Waals surface area contributed by atoms with Crippen LogP contribution in [0.1, 0.15) is 37.3 Å². The van der Waals surface area contributed by atoms with Gasteiger partial charge in [-0.15, -0.1) is 0 Å². The first-order valence-corrected chi connectivity index (χ1v) is 7.37. The van der Waals surface area contributed by atoms with Crippen LogP contribution in [0.2, 0.25) is 0 Å². The minimum Gasteiger partial charge on any atom is -0.314 e. The van der Waals surface area contributed by atoms with E-state index in [1.807, 2.05) is 4.90 Å². The highest BCUT2D eigenvalue weighted by Crippen LogP contribution is 2.28. The van der Waals surface area contributed by atoms with Gasteiger partial charge in [-0.1, -0.05) is 12.1 Å². The lowest BCUT2D eigenvalue weighted by atomic mass is 9.96. The number of fused-ring (bicyclic) bond motifs is 1. The van der Waals surface area contributed by atoms with Crippen LogP contribution in [-0.2, 0) is 17.6 Å². The third-order valence-electron chi connectivity index (χ3n) is 4.29. The maximum Gasteiger partial charge on any atom is 0.223 e. The van der Waals surface area contributed by atoms with Crippen molar-refractivity contribution < 1.29 is 4.79 Å². The molecule has 1 unspecified atom stereocenters. The first-order chi connectivity index (χ1) is 9.24. The molecule has 2 aliphatic heterocycles. The first kappa shape index (κ1) is 12.7. The predicted octanol–water partition coefficient (Wildman–Crippen LogP) is 2.28. The molecule has 102 valence electrons. The molecule has 0 spiro atoms. The van der Waals surface area contributed by atoms with E-state index in [9.17, 15) is 4.79 Å². The lowest BCUT2D eigenvalue weighted by Crippen LogP contribution is -2.33. The summed E-state index contributed by atoms with van der Waals surface area (Å²) in [5.74, 6) is 0.158. The highest BCUT2D eigenvalue weighted by molar-refractivity contribution is 5.92. The number of amides is 1. The molecular formula is C16H22N2O. The second-order valence-corrected chi connectivity index (χ2v) is 5.73. The summed E-state index contributed by atoms with van der Waals surface area (Å²) >= 11 is 0. The molecule has 0 radical (unpaired) electrons. The molecule has 1 N–H and O–H groups in total. The molecule has 0 aliphatic carbocycles. The fraction of sp³-hybridized carbons (Fsp3) is 0.562. The number of aryl methyl sites for hydroxylation is 1. The largest absolute Gasteiger partial charge is 0.314 e. The number of carbonyl (C=O) groups is 1. The first-order valence-electron chi connectivity index (χ1n) is 7.37. The molecule has 1 saturated heterocycles. The summed E-state index contributed by atoms with van der Waals surface area (Å²) in [7, 11) is 0. The van der Waals surface area contributed by atoms with Gasteiger partial charge in [-0.3, -0.25) is 4.79 Å². The van der Waals surface area contributed by atoms with E-state index in [2.05, 4.69) is 23.5 Å². The molecule has 1 fully saturated rings. The standard InChI is InChI=1S/C16H22N2O/c1-12(19)18-9-3-4-14-10-13(6-7-16(14)18)11-15-5-2-8-17-15/h6-7,10,15,17H,2-5,8-9,11H2,1H3. The zero-order valence-corrected chi connectivity index (χ0v) is 11.6. The van der Waals surface area contributed by atoms with Crippen molar-refractivity contribution in [1.82, 2.24) is 5.32 Å². The molecule has 1 aromatic rings. The highest BCUT2D eigenvalue weighted by atomic mass is 16.2. The molecule has 0 aromatic heterocycles. The molecule has 3 nitrogen and oxygen atoms in total. The van der Waals surface area contributed by atoms with Gasteiger partial charge in [0, 0.05) is 25.2 Å². The van der Waals surface area contributed by atoms with Gasteiger partial charge >= 0.3 is 0 Å². The number of carbonyl (C=O) groups excluding carboxylic acids is 1. The Labute approximate surface area is 115 Å². The Morgan fingerprint density at radius 3 is 3.05 bits per heavy atom. The fourth-order valence-corrected chi connectivity index (χ4v) is 3.32. The van der Waals surface area contributed by atoms with Gasteiger partial charge in [-0.05, 0) is 55.8 Å². The van der Waals surface area contributed by atoms with Gasteiger partial charge < -0.3 is 10.2 Å². The van der Waals surface area contributed by atoms with Crippen molar-refractivity contribution in [2.24, 2.45) is 0 Å². The summed E-state index contributed by atoms with van der Waals surface area (Å²) in [5.41, 5.74) is 3.88. The normalized spacial score (nSPS) is 22.4. The third kappa shape index (κ3) is 2.66. The van der Waals surface area contributed by atoms with Crippen molar-refractivity contribution in [3.05, 3.63) is 29.3 Å². The van der Waals surface area contributed by atoms with Crippen LogP contribution in [0.5, 0.6) is 0 Å². The summed E-state index contributed by atoms with van der Waals surface area (Å²) in [6.45, 7) is 3.69. The summed E-state index contributed by atoms with van der Waals surface area (Å²) in [6.07, 6.45) is 5.89. The number of hydrogen-bond acceptors (Lipinski definition) is 2. The van der Waals surface area contributed by atoms with Crippen LogP contribution in [0, 0.1) is 0 Å². The maximum absolute atomic E-state index is 11.6. The summed E-state index contributed by atoms with van der Waals surface area (Å²) in [6, 6.07) is 7.29. The van der Waals surface area contributed by atoms with Gasteiger partial charge in [0.05, 0.1) is 0 Å². The van der Waals surface area contributed by atoms with Crippen LogP contribution in [0.25, 0.3) is 0 Å². The Morgan fingerprint density at radius 1 is 1.42 bits per heavy atom. The molecule has 3 heteroatoms. The van der Waals surface area contributed by atoms with Crippen molar-refractivity contribution in [3.63, 3.8) is 0 Å². The van der Waals surface area contributed by atoms with Gasteiger partial charge in [-0.2, -0.15) is 0 Å². The minimum absolute atomic E-state index is 0.158. The maximum atomic E-state index is 11.6. The van der Waals surface area contributed by atoms with E-state index >= 15 is 0 Å². The van der Waals surface area contributed by atoms with Crippen molar-refractivity contribution in [3.8, 4) is 0 Å². The Morgan fingerprint density at radius 2 is 2.32 bits per heavy atom. The molecule has 19 heavy (non-hydrogen) atoms. The van der Waals surface area contributed by atoms with Gasteiger partial charge in [0.25, 0.3) is 0 Å². The lowest BCUT2D eigenvalue weighted by molar-refractivity contribution is -0.116. The summed E-state index contributed by atoms with van der Waals surface area (Å²) in [5, 5.41) is 3.55. The second kappa shape index (κ2) is 5.33. The van der Waals surface area contributed by atoms with Crippen molar-refractivity contribution in [2.75, 3.05) is 18.0 Å². The number of nitrogens with one attached hydrogen (secondary N) is 1. The van der Waals surface area contributed by atoms with Crippen LogP contribution in [0.15, 0.2) is 18.2 Å². The molecule has 2 heterocycles. The summed E-state index contributed by atoms with van der Waals surface area (Å²) in [4.78, 5) is 13.6. The summed E-state index contributed by atoms with van der Waals surface area (Å²) < 4.78 is 0. The zero-order valence-electron chi connectivity index (χ0n) is 11.6. The van der Waals surface area contributed by atoms with E-state index in [0.717, 1.165) is 38.0 Å². The number of anilines is 1. The molecule has 2 aliphatic rings. The van der Waals surface area contributed by atoms with Crippen LogP contribution in [0.4, 0.5) is 5.69 Å². The monoisotopic (exact) mass is 258 g/mol. The number of benzene rings is 1. The average molecular weight is 258 g/mol. The van der Waals surface area contributed by atoms with Crippen molar-refractivity contribution in [1.29, 1.82) is 0 Å². The quantitative estimate of drug-likeness (QED) is 0.882. The molecule has 1 aromatic carbocycles. The van der Waals surface area contributed by atoms with Crippen molar-refractivity contribution >= 4 is 11.6 Å². The average Bonchev–Trinajstić information content (AvgIpc) is 2.90. The van der Waals surface area contributed by atoms with Crippen LogP contribution < -0.4 is 10.2 Å². The molecule has 3 rings (SSSR count). The van der Waals surface area contributed by atoms with E-state index in [4.69, 9.17) is 0 Å².